The lowest BCUT2D eigenvalue weighted by Gasteiger charge is -2.14. The van der Waals surface area contributed by atoms with Crippen LogP contribution in [0.25, 0.3) is 0 Å². The first-order valence-electron chi connectivity index (χ1n) is 8.75. The predicted molar refractivity (Wildman–Crippen MR) is 107 cm³/mol. The molecule has 0 radical (unpaired) electrons. The van der Waals surface area contributed by atoms with Crippen molar-refractivity contribution < 1.29 is 9.53 Å². The van der Waals surface area contributed by atoms with Crippen LogP contribution in [0.4, 0.5) is 17.3 Å². The Balaban J connectivity index is 1.75. The number of amides is 1. The van der Waals surface area contributed by atoms with E-state index in [1.54, 1.807) is 18.3 Å². The largest absolute Gasteiger partial charge is 0.489 e. The van der Waals surface area contributed by atoms with E-state index in [0.29, 0.717) is 17.4 Å². The van der Waals surface area contributed by atoms with Gasteiger partial charge in [0.1, 0.15) is 11.4 Å². The van der Waals surface area contributed by atoms with Gasteiger partial charge < -0.3 is 15.4 Å². The van der Waals surface area contributed by atoms with Crippen LogP contribution in [0.15, 0.2) is 60.8 Å². The first kappa shape index (κ1) is 18.4. The molecule has 0 unspecified atom stereocenters. The van der Waals surface area contributed by atoms with Gasteiger partial charge in [0.2, 0.25) is 5.95 Å². The van der Waals surface area contributed by atoms with Crippen LogP contribution in [0.2, 0.25) is 0 Å². The van der Waals surface area contributed by atoms with Gasteiger partial charge >= 0.3 is 0 Å². The molecule has 0 aliphatic carbocycles. The standard InChI is InChI=1S/C21H22N4O2/c1-14(2)27-19-7-5-4-6-17(19)24-20(26)18-12-13-22-21(25-18)23-16-10-8-15(3)9-11-16/h4-14H,1-3H3,(H,24,26)(H,22,23,25). The number of para-hydroxylation sites is 2. The summed E-state index contributed by atoms with van der Waals surface area (Å²) in [7, 11) is 0. The average Bonchev–Trinajstić information content (AvgIpc) is 2.65. The Labute approximate surface area is 158 Å². The summed E-state index contributed by atoms with van der Waals surface area (Å²) >= 11 is 0. The summed E-state index contributed by atoms with van der Waals surface area (Å²) in [6.07, 6.45) is 1.56. The molecule has 0 fully saturated rings. The zero-order valence-electron chi connectivity index (χ0n) is 15.6. The monoisotopic (exact) mass is 362 g/mol. The Kier molecular flexibility index (Phi) is 5.66. The highest BCUT2D eigenvalue weighted by Gasteiger charge is 2.13. The van der Waals surface area contributed by atoms with Gasteiger partial charge in [-0.3, -0.25) is 4.79 Å². The summed E-state index contributed by atoms with van der Waals surface area (Å²) in [5, 5.41) is 5.95. The number of benzene rings is 2. The Morgan fingerprint density at radius 3 is 2.52 bits per heavy atom. The first-order valence-corrected chi connectivity index (χ1v) is 8.75. The van der Waals surface area contributed by atoms with Crippen molar-refractivity contribution in [3.63, 3.8) is 0 Å². The van der Waals surface area contributed by atoms with Gasteiger partial charge in [-0.2, -0.15) is 0 Å². The molecule has 0 aliphatic rings. The van der Waals surface area contributed by atoms with E-state index in [1.807, 2.05) is 63.2 Å². The highest BCUT2D eigenvalue weighted by Crippen LogP contribution is 2.25. The number of nitrogens with zero attached hydrogens (tertiary/aromatic N) is 2. The van der Waals surface area contributed by atoms with Crippen molar-refractivity contribution in [1.82, 2.24) is 9.97 Å². The van der Waals surface area contributed by atoms with E-state index in [2.05, 4.69) is 20.6 Å². The molecule has 2 aromatic carbocycles. The number of hydrogen-bond acceptors (Lipinski definition) is 5. The lowest BCUT2D eigenvalue weighted by molar-refractivity contribution is 0.102. The average molecular weight is 362 g/mol. The fourth-order valence-electron chi connectivity index (χ4n) is 2.42. The molecule has 0 spiro atoms. The maximum Gasteiger partial charge on any atom is 0.274 e. The van der Waals surface area contributed by atoms with Gasteiger partial charge in [0.15, 0.2) is 0 Å². The van der Waals surface area contributed by atoms with E-state index in [1.165, 1.54) is 0 Å². The number of carbonyl (C=O) groups excluding carboxylic acids is 1. The normalized spacial score (nSPS) is 10.5. The van der Waals surface area contributed by atoms with Crippen molar-refractivity contribution in [1.29, 1.82) is 0 Å². The molecule has 3 aromatic rings. The van der Waals surface area contributed by atoms with E-state index in [0.717, 1.165) is 11.3 Å². The maximum atomic E-state index is 12.6. The molecule has 1 aromatic heterocycles. The SMILES string of the molecule is Cc1ccc(Nc2nccc(C(=O)Nc3ccccc3OC(C)C)n2)cc1. The Morgan fingerprint density at radius 1 is 1.04 bits per heavy atom. The predicted octanol–water partition coefficient (Wildman–Crippen LogP) is 4.57. The second-order valence-corrected chi connectivity index (χ2v) is 6.37. The molecule has 6 nitrogen and oxygen atoms in total. The Hall–Kier alpha value is -3.41. The molecule has 1 amide bonds. The van der Waals surface area contributed by atoms with Gasteiger partial charge in [0, 0.05) is 11.9 Å². The number of nitrogens with one attached hydrogen (secondary N) is 2. The summed E-state index contributed by atoms with van der Waals surface area (Å²) in [5.74, 6) is 0.648. The minimum Gasteiger partial charge on any atom is -0.489 e. The number of aromatic nitrogens is 2. The van der Waals surface area contributed by atoms with Gasteiger partial charge in [0.05, 0.1) is 11.8 Å². The van der Waals surface area contributed by atoms with Crippen LogP contribution in [0, 0.1) is 6.92 Å². The number of hydrogen-bond donors (Lipinski definition) is 2. The van der Waals surface area contributed by atoms with E-state index < -0.39 is 0 Å². The minimum absolute atomic E-state index is 0.00686. The summed E-state index contributed by atoms with van der Waals surface area (Å²) in [6.45, 7) is 5.89. The topological polar surface area (TPSA) is 76.1 Å². The number of rotatable bonds is 6. The van der Waals surface area contributed by atoms with Crippen molar-refractivity contribution >= 4 is 23.2 Å². The van der Waals surface area contributed by atoms with Crippen LogP contribution in [0.3, 0.4) is 0 Å². The van der Waals surface area contributed by atoms with Crippen molar-refractivity contribution in [2.75, 3.05) is 10.6 Å². The molecular formula is C21H22N4O2. The fraction of sp³-hybridized carbons (Fsp3) is 0.190. The minimum atomic E-state index is -0.329. The third-order valence-electron chi connectivity index (χ3n) is 3.69. The molecule has 138 valence electrons. The Morgan fingerprint density at radius 2 is 1.78 bits per heavy atom. The van der Waals surface area contributed by atoms with Gasteiger partial charge in [-0.1, -0.05) is 29.8 Å². The summed E-state index contributed by atoms with van der Waals surface area (Å²) in [5.41, 5.74) is 2.88. The van der Waals surface area contributed by atoms with Crippen molar-refractivity contribution in [3.05, 3.63) is 72.1 Å². The van der Waals surface area contributed by atoms with Crippen LogP contribution >= 0.6 is 0 Å². The van der Waals surface area contributed by atoms with E-state index >= 15 is 0 Å². The lowest BCUT2D eigenvalue weighted by Crippen LogP contribution is -2.16. The number of anilines is 3. The third-order valence-corrected chi connectivity index (χ3v) is 3.69. The van der Waals surface area contributed by atoms with Gasteiger partial charge in [0.25, 0.3) is 5.91 Å². The smallest absolute Gasteiger partial charge is 0.274 e. The number of ether oxygens (including phenoxy) is 1. The number of aryl methyl sites for hydroxylation is 1. The molecule has 3 rings (SSSR count). The second kappa shape index (κ2) is 8.31. The fourth-order valence-corrected chi connectivity index (χ4v) is 2.42. The zero-order chi connectivity index (χ0) is 19.2. The van der Waals surface area contributed by atoms with Crippen LogP contribution in [0.5, 0.6) is 5.75 Å². The summed E-state index contributed by atoms with van der Waals surface area (Å²) in [4.78, 5) is 21.1. The molecule has 0 saturated heterocycles. The second-order valence-electron chi connectivity index (χ2n) is 6.37. The van der Waals surface area contributed by atoms with Crippen molar-refractivity contribution in [2.24, 2.45) is 0 Å². The lowest BCUT2D eigenvalue weighted by atomic mass is 10.2. The molecule has 0 atom stereocenters. The quantitative estimate of drug-likeness (QED) is 0.672. The van der Waals surface area contributed by atoms with Crippen LogP contribution in [-0.2, 0) is 0 Å². The molecule has 6 heteroatoms. The van der Waals surface area contributed by atoms with Gasteiger partial charge in [-0.25, -0.2) is 9.97 Å². The third kappa shape index (κ3) is 5.04. The number of carbonyl (C=O) groups is 1. The van der Waals surface area contributed by atoms with E-state index in [4.69, 9.17) is 4.74 Å². The van der Waals surface area contributed by atoms with Crippen molar-refractivity contribution in [3.8, 4) is 5.75 Å². The van der Waals surface area contributed by atoms with Gasteiger partial charge in [-0.05, 0) is 51.1 Å². The highest BCUT2D eigenvalue weighted by atomic mass is 16.5. The molecule has 0 bridgehead atoms. The van der Waals surface area contributed by atoms with Crippen molar-refractivity contribution in [2.45, 2.75) is 26.9 Å². The van der Waals surface area contributed by atoms with E-state index in [9.17, 15) is 4.79 Å². The molecule has 0 aliphatic heterocycles. The van der Waals surface area contributed by atoms with Gasteiger partial charge in [-0.15, -0.1) is 0 Å². The van der Waals surface area contributed by atoms with E-state index in [-0.39, 0.29) is 17.7 Å². The zero-order valence-corrected chi connectivity index (χ0v) is 15.6. The van der Waals surface area contributed by atoms with Crippen LogP contribution in [-0.4, -0.2) is 22.0 Å². The van der Waals surface area contributed by atoms with Crippen LogP contribution in [0.1, 0.15) is 29.9 Å². The molecule has 27 heavy (non-hydrogen) atoms. The molecule has 2 N–H and O–H groups in total. The summed E-state index contributed by atoms with van der Waals surface area (Å²) in [6, 6.07) is 16.7. The highest BCUT2D eigenvalue weighted by molar-refractivity contribution is 6.03. The van der Waals surface area contributed by atoms with Crippen LogP contribution < -0.4 is 15.4 Å². The molecule has 1 heterocycles. The summed E-state index contributed by atoms with van der Waals surface area (Å²) < 4.78 is 5.73. The molecule has 0 saturated carbocycles. The maximum absolute atomic E-state index is 12.6. The molecular weight excluding hydrogens is 340 g/mol. The Bertz CT molecular complexity index is 923. The first-order chi connectivity index (χ1) is 13.0.